The molecule has 2 aromatic rings. The molecule has 2 rings (SSSR count). The number of amides is 4. The van der Waals surface area contributed by atoms with Gasteiger partial charge in [0.15, 0.2) is 0 Å². The van der Waals surface area contributed by atoms with Crippen LogP contribution in [-0.2, 0) is 35.2 Å². The Morgan fingerprint density at radius 3 is 2.11 bits per heavy atom. The number of carbonyl (C=O) groups is 6. The number of hydrogen-bond acceptors (Lipinski definition) is 7. The Labute approximate surface area is 198 Å². The Balaban J connectivity index is 2.25. The topological polar surface area (TPSA) is 247 Å². The summed E-state index contributed by atoms with van der Waals surface area (Å²) in [5, 5.41) is 25.8. The number of aromatic amines is 1. The molecule has 35 heavy (non-hydrogen) atoms. The molecule has 188 valence electrons. The van der Waals surface area contributed by atoms with E-state index in [0.717, 1.165) is 10.9 Å². The molecule has 3 atom stereocenters. The molecule has 0 aliphatic carbocycles. The number of primary amides is 1. The molecule has 14 nitrogen and oxygen atoms in total. The van der Waals surface area contributed by atoms with Gasteiger partial charge in [0.25, 0.3) is 0 Å². The summed E-state index contributed by atoms with van der Waals surface area (Å²) in [6.07, 6.45) is -0.0274. The number of rotatable bonds is 13. The molecule has 0 bridgehead atoms. The van der Waals surface area contributed by atoms with Crippen molar-refractivity contribution in [2.45, 2.75) is 37.4 Å². The first-order chi connectivity index (χ1) is 16.5. The average Bonchev–Trinajstić information content (AvgIpc) is 3.19. The number of hydrogen-bond donors (Lipinski definition) is 8. The molecular weight excluding hydrogens is 464 g/mol. The molecule has 0 fully saturated rings. The molecule has 4 amide bonds. The van der Waals surface area contributed by atoms with Gasteiger partial charge in [-0.2, -0.15) is 0 Å². The summed E-state index contributed by atoms with van der Waals surface area (Å²) in [5.74, 6) is -6.79. The molecule has 0 saturated heterocycles. The van der Waals surface area contributed by atoms with Crippen molar-refractivity contribution in [3.05, 3.63) is 36.0 Å². The van der Waals surface area contributed by atoms with E-state index >= 15 is 0 Å². The summed E-state index contributed by atoms with van der Waals surface area (Å²) in [4.78, 5) is 74.2. The summed E-state index contributed by atoms with van der Waals surface area (Å²) in [7, 11) is 0. The standard InChI is InChI=1S/C21H26N6O8/c22-8-17(29)25-13(5-10-9-24-12-4-2-1-3-11(10)12)19(32)26-14(7-18(30)31)20(33)27-15(21(34)35)6-16(23)28/h1-4,9,13-15,24H,5-8,22H2,(H2,23,28)(H,25,29)(H,26,32)(H,27,33)(H,30,31)(H,34,35). The first-order valence-corrected chi connectivity index (χ1v) is 10.4. The number of nitrogens with one attached hydrogen (secondary N) is 4. The summed E-state index contributed by atoms with van der Waals surface area (Å²) in [6.45, 7) is -0.426. The van der Waals surface area contributed by atoms with Crippen molar-refractivity contribution in [2.24, 2.45) is 11.5 Å². The van der Waals surface area contributed by atoms with Crippen molar-refractivity contribution >= 4 is 46.5 Å². The Bertz CT molecular complexity index is 1130. The highest BCUT2D eigenvalue weighted by Gasteiger charge is 2.31. The number of nitrogens with two attached hydrogens (primary N) is 2. The van der Waals surface area contributed by atoms with E-state index in [1.54, 1.807) is 24.4 Å². The van der Waals surface area contributed by atoms with Crippen molar-refractivity contribution in [1.82, 2.24) is 20.9 Å². The fraction of sp³-hybridized carbons (Fsp3) is 0.333. The summed E-state index contributed by atoms with van der Waals surface area (Å²) in [5.41, 5.74) is 11.8. The predicted molar refractivity (Wildman–Crippen MR) is 121 cm³/mol. The first kappa shape index (κ1) is 26.8. The molecule has 0 saturated carbocycles. The van der Waals surface area contributed by atoms with E-state index in [-0.39, 0.29) is 6.42 Å². The first-order valence-electron chi connectivity index (χ1n) is 10.4. The molecule has 14 heteroatoms. The van der Waals surface area contributed by atoms with Crippen molar-refractivity contribution in [3.63, 3.8) is 0 Å². The van der Waals surface area contributed by atoms with E-state index in [9.17, 15) is 39.0 Å². The molecule has 10 N–H and O–H groups in total. The number of carboxylic acids is 2. The van der Waals surface area contributed by atoms with Gasteiger partial charge in [0.2, 0.25) is 23.6 Å². The number of carboxylic acid groups (broad SMARTS) is 2. The highest BCUT2D eigenvalue weighted by molar-refractivity contribution is 5.96. The Morgan fingerprint density at radius 2 is 1.51 bits per heavy atom. The highest BCUT2D eigenvalue weighted by atomic mass is 16.4. The van der Waals surface area contributed by atoms with Crippen molar-refractivity contribution in [1.29, 1.82) is 0 Å². The van der Waals surface area contributed by atoms with Gasteiger partial charge in [-0.15, -0.1) is 0 Å². The van der Waals surface area contributed by atoms with E-state index in [0.29, 0.717) is 5.56 Å². The van der Waals surface area contributed by atoms with Gasteiger partial charge < -0.3 is 42.6 Å². The average molecular weight is 490 g/mol. The fourth-order valence-corrected chi connectivity index (χ4v) is 3.31. The maximum Gasteiger partial charge on any atom is 0.326 e. The predicted octanol–water partition coefficient (Wildman–Crippen LogP) is -2.44. The quantitative estimate of drug-likeness (QED) is 0.148. The second-order valence-electron chi connectivity index (χ2n) is 7.62. The number of H-pyrrole nitrogens is 1. The van der Waals surface area contributed by atoms with Gasteiger partial charge in [-0.1, -0.05) is 18.2 Å². The minimum atomic E-state index is -1.73. The van der Waals surface area contributed by atoms with Gasteiger partial charge >= 0.3 is 11.9 Å². The summed E-state index contributed by atoms with van der Waals surface area (Å²) in [6, 6.07) is 2.51. The maximum atomic E-state index is 13.0. The Kier molecular flexibility index (Phi) is 9.28. The Hall–Kier alpha value is -4.46. The van der Waals surface area contributed by atoms with Crippen LogP contribution in [0.4, 0.5) is 0 Å². The second-order valence-corrected chi connectivity index (χ2v) is 7.62. The van der Waals surface area contributed by atoms with E-state index in [1.807, 2.05) is 11.4 Å². The van der Waals surface area contributed by atoms with E-state index in [2.05, 4.69) is 15.6 Å². The molecule has 1 aromatic heterocycles. The molecule has 0 radical (unpaired) electrons. The molecule has 0 aliphatic heterocycles. The molecule has 3 unspecified atom stereocenters. The number of carbonyl (C=O) groups excluding carboxylic acids is 4. The van der Waals surface area contributed by atoms with Crippen LogP contribution in [0.1, 0.15) is 18.4 Å². The smallest absolute Gasteiger partial charge is 0.326 e. The lowest BCUT2D eigenvalue weighted by molar-refractivity contribution is -0.144. The van der Waals surface area contributed by atoms with Crippen LogP contribution in [0.15, 0.2) is 30.5 Å². The molecule has 1 heterocycles. The van der Waals surface area contributed by atoms with Gasteiger partial charge in [-0.05, 0) is 11.6 Å². The zero-order valence-corrected chi connectivity index (χ0v) is 18.4. The van der Waals surface area contributed by atoms with Crippen LogP contribution >= 0.6 is 0 Å². The van der Waals surface area contributed by atoms with Crippen LogP contribution in [-0.4, -0.2) is 75.4 Å². The van der Waals surface area contributed by atoms with Crippen molar-refractivity contribution in [2.75, 3.05) is 6.54 Å². The number of para-hydroxylation sites is 1. The van der Waals surface area contributed by atoms with Gasteiger partial charge in [0, 0.05) is 23.5 Å². The SMILES string of the molecule is NCC(=O)NC(Cc1c[nH]c2ccccc12)C(=O)NC(CC(=O)O)C(=O)NC(CC(N)=O)C(=O)O. The molecular formula is C21H26N6O8. The van der Waals surface area contributed by atoms with Gasteiger partial charge in [0.05, 0.1) is 19.4 Å². The monoisotopic (exact) mass is 490 g/mol. The third kappa shape index (κ3) is 7.82. The number of benzene rings is 1. The Morgan fingerprint density at radius 1 is 0.886 bits per heavy atom. The number of fused-ring (bicyclic) bond motifs is 1. The number of aromatic nitrogens is 1. The van der Waals surface area contributed by atoms with E-state index in [4.69, 9.17) is 11.5 Å². The molecule has 0 spiro atoms. The minimum absolute atomic E-state index is 0.0254. The lowest BCUT2D eigenvalue weighted by Crippen LogP contribution is -2.57. The molecule has 1 aromatic carbocycles. The zero-order valence-electron chi connectivity index (χ0n) is 18.4. The lowest BCUT2D eigenvalue weighted by atomic mass is 10.0. The van der Waals surface area contributed by atoms with Crippen LogP contribution in [0.25, 0.3) is 10.9 Å². The third-order valence-corrected chi connectivity index (χ3v) is 4.97. The number of aliphatic carboxylic acids is 2. The van der Waals surface area contributed by atoms with Crippen LogP contribution in [0.5, 0.6) is 0 Å². The summed E-state index contributed by atoms with van der Waals surface area (Å²) >= 11 is 0. The second kappa shape index (κ2) is 12.1. The normalized spacial score (nSPS) is 13.3. The lowest BCUT2D eigenvalue weighted by Gasteiger charge is -2.23. The maximum absolute atomic E-state index is 13.0. The zero-order chi connectivity index (χ0) is 26.1. The van der Waals surface area contributed by atoms with Gasteiger partial charge in [-0.25, -0.2) is 4.79 Å². The van der Waals surface area contributed by atoms with Crippen molar-refractivity contribution in [3.8, 4) is 0 Å². The van der Waals surface area contributed by atoms with E-state index in [1.165, 1.54) is 0 Å². The van der Waals surface area contributed by atoms with Gasteiger partial charge in [-0.3, -0.25) is 24.0 Å². The van der Waals surface area contributed by atoms with Crippen LogP contribution in [0.2, 0.25) is 0 Å². The molecule has 0 aliphatic rings. The summed E-state index contributed by atoms with van der Waals surface area (Å²) < 4.78 is 0. The highest BCUT2D eigenvalue weighted by Crippen LogP contribution is 2.19. The van der Waals surface area contributed by atoms with Crippen molar-refractivity contribution < 1.29 is 39.0 Å². The van der Waals surface area contributed by atoms with Crippen LogP contribution < -0.4 is 27.4 Å². The largest absolute Gasteiger partial charge is 0.481 e. The third-order valence-electron chi connectivity index (χ3n) is 4.97. The van der Waals surface area contributed by atoms with Gasteiger partial charge in [0.1, 0.15) is 18.1 Å². The van der Waals surface area contributed by atoms with Crippen LogP contribution in [0, 0.1) is 0 Å². The van der Waals surface area contributed by atoms with Crippen LogP contribution in [0.3, 0.4) is 0 Å². The minimum Gasteiger partial charge on any atom is -0.481 e. The fourth-order valence-electron chi connectivity index (χ4n) is 3.31. The van der Waals surface area contributed by atoms with E-state index < -0.39 is 73.1 Å².